The summed E-state index contributed by atoms with van der Waals surface area (Å²) in [5.41, 5.74) is -0.674. The molecule has 1 saturated heterocycles. The van der Waals surface area contributed by atoms with Gasteiger partial charge >= 0.3 is 6.18 Å². The minimum atomic E-state index is -4.54. The molecule has 0 spiro atoms. The molecule has 2 atom stereocenters. The average Bonchev–Trinajstić information content (AvgIpc) is 2.66. The fraction of sp³-hybridized carbons (Fsp3) is 0.333. The van der Waals surface area contributed by atoms with Crippen LogP contribution in [0.3, 0.4) is 0 Å². The predicted octanol–water partition coefficient (Wildman–Crippen LogP) is 6.96. The predicted molar refractivity (Wildman–Crippen MR) is 116 cm³/mol. The van der Waals surface area contributed by atoms with Crippen LogP contribution in [0.15, 0.2) is 78.8 Å². The minimum Gasteiger partial charge on any atom is -0.362 e. The molecular weight excluding hydrogens is 411 g/mol. The van der Waals surface area contributed by atoms with Gasteiger partial charge in [0.15, 0.2) is 0 Å². The molecule has 1 aliphatic heterocycles. The van der Waals surface area contributed by atoms with Crippen molar-refractivity contribution in [2.45, 2.75) is 39.4 Å². The Balaban J connectivity index is 0.00000233. The normalized spacial score (nSPS) is 22.5. The lowest BCUT2D eigenvalue weighted by atomic mass is 9.72. The SMILES string of the molecule is C=C/C(=C\C=C(/C)C1C(=C)N(C)C(=C)N[C@]1(C)c1cc(F)cc(F)c1)C(F)(F)F.CC. The zero-order chi connectivity index (χ0) is 24.1. The van der Waals surface area contributed by atoms with E-state index in [0.717, 1.165) is 18.2 Å². The number of hydrogen-bond acceptors (Lipinski definition) is 2. The van der Waals surface area contributed by atoms with Crippen LogP contribution in [-0.2, 0) is 5.54 Å². The summed E-state index contributed by atoms with van der Waals surface area (Å²) >= 11 is 0. The molecule has 31 heavy (non-hydrogen) atoms. The number of alkyl halides is 3. The number of benzene rings is 1. The van der Waals surface area contributed by atoms with E-state index < -0.39 is 34.8 Å². The molecule has 0 radical (unpaired) electrons. The van der Waals surface area contributed by atoms with E-state index in [1.165, 1.54) is 18.2 Å². The maximum atomic E-state index is 13.9. The van der Waals surface area contributed by atoms with E-state index in [0.29, 0.717) is 17.1 Å². The summed E-state index contributed by atoms with van der Waals surface area (Å²) in [6, 6.07) is 3.12. The number of halogens is 5. The molecule has 0 saturated carbocycles. The van der Waals surface area contributed by atoms with Gasteiger partial charge in [-0.2, -0.15) is 13.2 Å². The summed E-state index contributed by atoms with van der Waals surface area (Å²) in [5.74, 6) is -1.67. The van der Waals surface area contributed by atoms with Gasteiger partial charge in [0.05, 0.1) is 16.9 Å². The number of allylic oxidation sites excluding steroid dienone is 4. The van der Waals surface area contributed by atoms with Crippen molar-refractivity contribution >= 4 is 0 Å². The van der Waals surface area contributed by atoms with Crippen LogP contribution in [0.2, 0.25) is 0 Å². The molecule has 1 unspecified atom stereocenters. The van der Waals surface area contributed by atoms with Crippen LogP contribution in [0.25, 0.3) is 0 Å². The highest BCUT2D eigenvalue weighted by Gasteiger charge is 2.44. The molecule has 1 aromatic carbocycles. The summed E-state index contributed by atoms with van der Waals surface area (Å²) in [7, 11) is 1.70. The van der Waals surface area contributed by atoms with Crippen LogP contribution in [0, 0.1) is 17.6 Å². The van der Waals surface area contributed by atoms with Crippen molar-refractivity contribution < 1.29 is 22.0 Å². The molecule has 7 heteroatoms. The molecule has 0 aliphatic carbocycles. The van der Waals surface area contributed by atoms with Gasteiger partial charge in [-0.3, -0.25) is 0 Å². The Morgan fingerprint density at radius 3 is 2.06 bits per heavy atom. The second-order valence-corrected chi connectivity index (χ2v) is 7.15. The molecule has 1 fully saturated rings. The lowest BCUT2D eigenvalue weighted by Gasteiger charge is -2.50. The first-order chi connectivity index (χ1) is 14.3. The fourth-order valence-electron chi connectivity index (χ4n) is 3.56. The molecular formula is C24H29F5N2. The van der Waals surface area contributed by atoms with Gasteiger partial charge in [0.25, 0.3) is 0 Å². The van der Waals surface area contributed by atoms with Crippen molar-refractivity contribution in [3.05, 3.63) is 96.0 Å². The topological polar surface area (TPSA) is 15.3 Å². The first-order valence-corrected chi connectivity index (χ1v) is 9.75. The van der Waals surface area contributed by atoms with Gasteiger partial charge in [0.2, 0.25) is 0 Å². The highest BCUT2D eigenvalue weighted by atomic mass is 19.4. The Morgan fingerprint density at radius 1 is 1.10 bits per heavy atom. The third-order valence-corrected chi connectivity index (χ3v) is 5.14. The van der Waals surface area contributed by atoms with Gasteiger partial charge < -0.3 is 10.2 Å². The third-order valence-electron chi connectivity index (χ3n) is 5.14. The van der Waals surface area contributed by atoms with Gasteiger partial charge in [0.1, 0.15) is 11.6 Å². The second kappa shape index (κ2) is 9.98. The van der Waals surface area contributed by atoms with E-state index in [4.69, 9.17) is 0 Å². The third kappa shape index (κ3) is 5.66. The molecule has 1 heterocycles. The maximum absolute atomic E-state index is 13.9. The van der Waals surface area contributed by atoms with E-state index in [1.807, 2.05) is 13.8 Å². The van der Waals surface area contributed by atoms with E-state index in [-0.39, 0.29) is 5.56 Å². The zero-order valence-corrected chi connectivity index (χ0v) is 18.5. The highest BCUT2D eigenvalue weighted by Crippen LogP contribution is 2.44. The Morgan fingerprint density at radius 2 is 1.61 bits per heavy atom. The number of hydrogen-bond donors (Lipinski definition) is 1. The van der Waals surface area contributed by atoms with Crippen molar-refractivity contribution in [3.8, 4) is 0 Å². The molecule has 0 bridgehead atoms. The number of nitrogens with one attached hydrogen (secondary N) is 1. The summed E-state index contributed by atoms with van der Waals surface area (Å²) in [4.78, 5) is 1.65. The van der Waals surface area contributed by atoms with Crippen molar-refractivity contribution in [1.29, 1.82) is 0 Å². The molecule has 0 aromatic heterocycles. The molecule has 1 aliphatic rings. The van der Waals surface area contributed by atoms with Crippen LogP contribution in [0.5, 0.6) is 0 Å². The van der Waals surface area contributed by atoms with Crippen LogP contribution in [0.1, 0.15) is 33.3 Å². The quantitative estimate of drug-likeness (QED) is 0.402. The Labute approximate surface area is 181 Å². The Kier molecular flexibility index (Phi) is 8.44. The zero-order valence-electron chi connectivity index (χ0n) is 18.5. The summed E-state index contributed by atoms with van der Waals surface area (Å²) in [6.07, 6.45) is -1.57. The monoisotopic (exact) mass is 440 g/mol. The van der Waals surface area contributed by atoms with E-state index in [9.17, 15) is 22.0 Å². The lowest BCUT2D eigenvalue weighted by Crippen LogP contribution is -2.55. The Bertz CT molecular complexity index is 891. The number of nitrogens with zero attached hydrogens (tertiary/aromatic N) is 1. The van der Waals surface area contributed by atoms with Gasteiger partial charge in [0, 0.05) is 24.7 Å². The average molecular weight is 441 g/mol. The second-order valence-electron chi connectivity index (χ2n) is 7.15. The molecule has 2 nitrogen and oxygen atoms in total. The summed E-state index contributed by atoms with van der Waals surface area (Å²) < 4.78 is 66.8. The molecule has 1 N–H and O–H groups in total. The maximum Gasteiger partial charge on any atom is 0.416 e. The minimum absolute atomic E-state index is 0.284. The van der Waals surface area contributed by atoms with Crippen molar-refractivity contribution in [2.24, 2.45) is 5.92 Å². The van der Waals surface area contributed by atoms with Crippen molar-refractivity contribution in [1.82, 2.24) is 10.2 Å². The first-order valence-electron chi connectivity index (χ1n) is 9.75. The first kappa shape index (κ1) is 26.2. The summed E-state index contributed by atoms with van der Waals surface area (Å²) in [5, 5.41) is 3.14. The molecule has 0 amide bonds. The van der Waals surface area contributed by atoms with E-state index in [1.54, 1.807) is 25.8 Å². The summed E-state index contributed by atoms with van der Waals surface area (Å²) in [6.45, 7) is 18.5. The van der Waals surface area contributed by atoms with E-state index in [2.05, 4.69) is 25.1 Å². The molecule has 1 aromatic rings. The number of rotatable bonds is 4. The molecule has 170 valence electrons. The van der Waals surface area contributed by atoms with Crippen molar-refractivity contribution in [2.75, 3.05) is 7.05 Å². The van der Waals surface area contributed by atoms with Gasteiger partial charge in [-0.15, -0.1) is 0 Å². The van der Waals surface area contributed by atoms with Crippen LogP contribution in [-0.4, -0.2) is 18.1 Å². The highest BCUT2D eigenvalue weighted by molar-refractivity contribution is 5.40. The largest absolute Gasteiger partial charge is 0.416 e. The van der Waals surface area contributed by atoms with Crippen LogP contribution < -0.4 is 5.32 Å². The smallest absolute Gasteiger partial charge is 0.362 e. The molecule has 2 rings (SSSR count). The van der Waals surface area contributed by atoms with E-state index >= 15 is 0 Å². The van der Waals surface area contributed by atoms with Gasteiger partial charge in [-0.05, 0) is 31.5 Å². The standard InChI is InChI=1S/C22H23F5N2.C2H6/c1-7-16(22(25,26)27)9-8-13(2)20-14(3)29(6)15(4)28-21(20,5)17-10-18(23)12-19(24)11-17;1-2/h7-12,20,28H,1,3-4H2,2,5-6H3;1-2H3/b13-8+,16-9+;/t20?,21-;/m1./s1. The van der Waals surface area contributed by atoms with Crippen LogP contribution >= 0.6 is 0 Å². The Hall–Kier alpha value is -2.83. The fourth-order valence-corrected chi connectivity index (χ4v) is 3.56. The van der Waals surface area contributed by atoms with Gasteiger partial charge in [-0.1, -0.05) is 57.4 Å². The lowest BCUT2D eigenvalue weighted by molar-refractivity contribution is -0.0881. The van der Waals surface area contributed by atoms with Crippen LogP contribution in [0.4, 0.5) is 22.0 Å². The van der Waals surface area contributed by atoms with Crippen molar-refractivity contribution in [3.63, 3.8) is 0 Å². The van der Waals surface area contributed by atoms with Gasteiger partial charge in [-0.25, -0.2) is 8.78 Å².